The molecule has 2 rings (SSSR count). The summed E-state index contributed by atoms with van der Waals surface area (Å²) in [6, 6.07) is 7.90. The van der Waals surface area contributed by atoms with E-state index in [2.05, 4.69) is 41.4 Å². The maximum atomic E-state index is 5.80. The van der Waals surface area contributed by atoms with Gasteiger partial charge in [0.05, 0.1) is 26.4 Å². The molecule has 0 aliphatic heterocycles. The average Bonchev–Trinajstić information content (AvgIpc) is 3.07. The van der Waals surface area contributed by atoms with E-state index in [1.807, 2.05) is 31.2 Å². The van der Waals surface area contributed by atoms with E-state index in [4.69, 9.17) is 9.15 Å². The standard InChI is InChI=1S/C19H28N4O2.HI/c1-6-20-18(22-11-14-8-7-9-15(10-14)24-5)23-13-17-21-12-16(25-17)19(2,3)4;/h7-10,12H,6,11,13H2,1-5H3,(H2,20,22,23);1H. The monoisotopic (exact) mass is 472 g/mol. The summed E-state index contributed by atoms with van der Waals surface area (Å²) in [6.07, 6.45) is 1.79. The van der Waals surface area contributed by atoms with Gasteiger partial charge in [0.25, 0.3) is 0 Å². The normalized spacial score (nSPS) is 11.7. The Labute approximate surface area is 172 Å². The lowest BCUT2D eigenvalue weighted by atomic mass is 9.94. The lowest BCUT2D eigenvalue weighted by Gasteiger charge is -2.13. The fourth-order valence-electron chi connectivity index (χ4n) is 2.18. The summed E-state index contributed by atoms with van der Waals surface area (Å²) in [5.41, 5.74) is 1.04. The molecule has 7 heteroatoms. The van der Waals surface area contributed by atoms with Gasteiger partial charge >= 0.3 is 0 Å². The Kier molecular flexibility index (Phi) is 8.91. The van der Waals surface area contributed by atoms with Crippen molar-refractivity contribution in [2.45, 2.75) is 46.2 Å². The fraction of sp³-hybridized carbons (Fsp3) is 0.474. The van der Waals surface area contributed by atoms with Gasteiger partial charge in [0, 0.05) is 12.0 Å². The zero-order chi connectivity index (χ0) is 18.3. The van der Waals surface area contributed by atoms with E-state index in [-0.39, 0.29) is 29.4 Å². The molecule has 0 bridgehead atoms. The first-order valence-electron chi connectivity index (χ1n) is 8.52. The van der Waals surface area contributed by atoms with Crippen LogP contribution in [0.1, 0.15) is 44.9 Å². The van der Waals surface area contributed by atoms with Crippen LogP contribution in [0.25, 0.3) is 0 Å². The maximum Gasteiger partial charge on any atom is 0.213 e. The Hall–Kier alpha value is -1.77. The summed E-state index contributed by atoms with van der Waals surface area (Å²) < 4.78 is 11.0. The second-order valence-corrected chi connectivity index (χ2v) is 6.77. The third-order valence-corrected chi connectivity index (χ3v) is 3.60. The number of nitrogens with zero attached hydrogens (tertiary/aromatic N) is 2. The van der Waals surface area contributed by atoms with E-state index < -0.39 is 0 Å². The first-order valence-corrected chi connectivity index (χ1v) is 8.52. The Morgan fingerprint density at radius 3 is 2.65 bits per heavy atom. The summed E-state index contributed by atoms with van der Waals surface area (Å²) in [4.78, 5) is 8.93. The lowest BCUT2D eigenvalue weighted by Crippen LogP contribution is -2.36. The molecule has 0 aliphatic rings. The number of benzene rings is 1. The fourth-order valence-corrected chi connectivity index (χ4v) is 2.18. The molecule has 0 atom stereocenters. The quantitative estimate of drug-likeness (QED) is 0.380. The second kappa shape index (κ2) is 10.4. The van der Waals surface area contributed by atoms with Crippen LogP contribution in [0.15, 0.2) is 39.9 Å². The van der Waals surface area contributed by atoms with Crippen LogP contribution < -0.4 is 15.4 Å². The lowest BCUT2D eigenvalue weighted by molar-refractivity contribution is 0.379. The van der Waals surface area contributed by atoms with Crippen LogP contribution in [0.5, 0.6) is 5.75 Å². The number of oxazole rings is 1. The molecule has 1 heterocycles. The number of hydrogen-bond acceptors (Lipinski definition) is 4. The van der Waals surface area contributed by atoms with E-state index >= 15 is 0 Å². The van der Waals surface area contributed by atoms with Gasteiger partial charge in [-0.25, -0.2) is 9.98 Å². The molecule has 1 aromatic heterocycles. The summed E-state index contributed by atoms with van der Waals surface area (Å²) in [6.45, 7) is 10.2. The van der Waals surface area contributed by atoms with Crippen molar-refractivity contribution in [1.82, 2.24) is 15.6 Å². The third-order valence-electron chi connectivity index (χ3n) is 3.60. The first kappa shape index (κ1) is 22.3. The molecule has 0 spiro atoms. The Balaban J connectivity index is 0.00000338. The molecular formula is C19H29IN4O2. The number of ether oxygens (including phenoxy) is 1. The van der Waals surface area contributed by atoms with Crippen molar-refractivity contribution in [3.63, 3.8) is 0 Å². The van der Waals surface area contributed by atoms with E-state index in [9.17, 15) is 0 Å². The van der Waals surface area contributed by atoms with E-state index in [0.29, 0.717) is 19.0 Å². The summed E-state index contributed by atoms with van der Waals surface area (Å²) >= 11 is 0. The number of aromatic nitrogens is 1. The molecule has 144 valence electrons. The molecular weight excluding hydrogens is 443 g/mol. The zero-order valence-electron chi connectivity index (χ0n) is 16.1. The second-order valence-electron chi connectivity index (χ2n) is 6.77. The highest BCUT2D eigenvalue weighted by atomic mass is 127. The molecule has 2 aromatic rings. The van der Waals surface area contributed by atoms with Gasteiger partial charge in [0.2, 0.25) is 5.89 Å². The smallest absolute Gasteiger partial charge is 0.213 e. The summed E-state index contributed by atoms with van der Waals surface area (Å²) in [5.74, 6) is 3.08. The van der Waals surface area contributed by atoms with Gasteiger partial charge in [-0.3, -0.25) is 0 Å². The molecule has 0 radical (unpaired) electrons. The number of methoxy groups -OCH3 is 1. The molecule has 1 aromatic carbocycles. The van der Waals surface area contributed by atoms with Crippen LogP contribution >= 0.6 is 24.0 Å². The molecule has 0 saturated heterocycles. The molecule has 0 aliphatic carbocycles. The highest BCUT2D eigenvalue weighted by Crippen LogP contribution is 2.22. The minimum absolute atomic E-state index is 0. The topological polar surface area (TPSA) is 71.7 Å². The van der Waals surface area contributed by atoms with E-state index in [1.54, 1.807) is 13.3 Å². The molecule has 6 nitrogen and oxygen atoms in total. The van der Waals surface area contributed by atoms with Gasteiger partial charge in [-0.15, -0.1) is 24.0 Å². The Morgan fingerprint density at radius 2 is 2.04 bits per heavy atom. The van der Waals surface area contributed by atoms with Crippen LogP contribution in [0.3, 0.4) is 0 Å². The Morgan fingerprint density at radius 1 is 1.27 bits per heavy atom. The Bertz CT molecular complexity index is 708. The molecule has 0 saturated carbocycles. The molecule has 26 heavy (non-hydrogen) atoms. The number of nitrogens with one attached hydrogen (secondary N) is 2. The van der Waals surface area contributed by atoms with Crippen LogP contribution in [-0.2, 0) is 18.5 Å². The molecule has 2 N–H and O–H groups in total. The highest BCUT2D eigenvalue weighted by Gasteiger charge is 2.19. The SMILES string of the molecule is CCNC(=NCc1cccc(OC)c1)NCc1ncc(C(C)(C)C)o1.I. The van der Waals surface area contributed by atoms with Crippen molar-refractivity contribution in [3.05, 3.63) is 47.7 Å². The van der Waals surface area contributed by atoms with Gasteiger partial charge < -0.3 is 19.8 Å². The minimum Gasteiger partial charge on any atom is -0.497 e. The maximum absolute atomic E-state index is 5.80. The van der Waals surface area contributed by atoms with Crippen molar-refractivity contribution >= 4 is 29.9 Å². The number of halogens is 1. The predicted octanol–water partition coefficient (Wildman–Crippen LogP) is 3.85. The third kappa shape index (κ3) is 6.86. The van der Waals surface area contributed by atoms with Crippen LogP contribution in [0.4, 0.5) is 0 Å². The average molecular weight is 472 g/mol. The van der Waals surface area contributed by atoms with Crippen molar-refractivity contribution in [2.75, 3.05) is 13.7 Å². The van der Waals surface area contributed by atoms with Crippen molar-refractivity contribution < 1.29 is 9.15 Å². The predicted molar refractivity (Wildman–Crippen MR) is 115 cm³/mol. The first-order chi connectivity index (χ1) is 11.9. The van der Waals surface area contributed by atoms with Crippen LogP contribution in [-0.4, -0.2) is 24.6 Å². The van der Waals surface area contributed by atoms with Crippen LogP contribution in [0, 0.1) is 0 Å². The molecule has 0 amide bonds. The largest absolute Gasteiger partial charge is 0.497 e. The van der Waals surface area contributed by atoms with E-state index in [0.717, 1.165) is 29.6 Å². The minimum atomic E-state index is -0.0454. The van der Waals surface area contributed by atoms with Gasteiger partial charge in [0.1, 0.15) is 11.5 Å². The van der Waals surface area contributed by atoms with Crippen molar-refractivity contribution in [2.24, 2.45) is 4.99 Å². The number of hydrogen-bond donors (Lipinski definition) is 2. The van der Waals surface area contributed by atoms with E-state index in [1.165, 1.54) is 0 Å². The number of aliphatic imine (C=N–C) groups is 1. The highest BCUT2D eigenvalue weighted by molar-refractivity contribution is 14.0. The molecule has 0 fully saturated rings. The zero-order valence-corrected chi connectivity index (χ0v) is 18.5. The summed E-state index contributed by atoms with van der Waals surface area (Å²) in [7, 11) is 1.66. The number of guanidine groups is 1. The van der Waals surface area contributed by atoms with Gasteiger partial charge in [0.15, 0.2) is 5.96 Å². The van der Waals surface area contributed by atoms with Gasteiger partial charge in [-0.2, -0.15) is 0 Å². The van der Waals surface area contributed by atoms with Gasteiger partial charge in [-0.05, 0) is 24.6 Å². The molecule has 0 unspecified atom stereocenters. The number of rotatable bonds is 6. The summed E-state index contributed by atoms with van der Waals surface area (Å²) in [5, 5.41) is 6.48. The van der Waals surface area contributed by atoms with Crippen LogP contribution in [0.2, 0.25) is 0 Å². The van der Waals surface area contributed by atoms with Gasteiger partial charge in [-0.1, -0.05) is 32.9 Å². The van der Waals surface area contributed by atoms with Crippen molar-refractivity contribution in [3.8, 4) is 5.75 Å². The van der Waals surface area contributed by atoms with Crippen molar-refractivity contribution in [1.29, 1.82) is 0 Å².